The van der Waals surface area contributed by atoms with Crippen LogP contribution in [0.1, 0.15) is 44.2 Å². The SMILES string of the molecule is CC1CCCC12C[C@H](N)c1cc(Br)ccc1O2. The van der Waals surface area contributed by atoms with E-state index in [1.165, 1.54) is 12.8 Å². The van der Waals surface area contributed by atoms with Crippen molar-refractivity contribution in [3.63, 3.8) is 0 Å². The second-order valence-electron chi connectivity index (χ2n) is 5.45. The standard InChI is InChI=1S/C14H18BrNO/c1-9-3-2-6-14(9)8-12(16)11-7-10(15)4-5-13(11)17-14/h4-5,7,9,12H,2-3,6,8,16H2,1H3/t9?,12-,14?/m0/s1. The highest BCUT2D eigenvalue weighted by molar-refractivity contribution is 9.10. The molecule has 0 bridgehead atoms. The Kier molecular flexibility index (Phi) is 2.71. The zero-order chi connectivity index (χ0) is 12.0. The van der Waals surface area contributed by atoms with Gasteiger partial charge in [-0.05, 0) is 43.4 Å². The molecule has 0 aromatic heterocycles. The van der Waals surface area contributed by atoms with Crippen molar-refractivity contribution in [1.29, 1.82) is 0 Å². The Labute approximate surface area is 111 Å². The van der Waals surface area contributed by atoms with Gasteiger partial charge in [0.25, 0.3) is 0 Å². The van der Waals surface area contributed by atoms with Crippen molar-refractivity contribution in [3.05, 3.63) is 28.2 Å². The summed E-state index contributed by atoms with van der Waals surface area (Å²) in [5.74, 6) is 1.60. The molecule has 0 radical (unpaired) electrons. The van der Waals surface area contributed by atoms with E-state index in [0.29, 0.717) is 5.92 Å². The zero-order valence-electron chi connectivity index (χ0n) is 10.1. The Balaban J connectivity index is 2.01. The molecule has 2 nitrogen and oxygen atoms in total. The average molecular weight is 296 g/mol. The summed E-state index contributed by atoms with van der Waals surface area (Å²) < 4.78 is 7.39. The first-order chi connectivity index (χ1) is 8.11. The van der Waals surface area contributed by atoms with E-state index in [2.05, 4.69) is 28.9 Å². The molecule has 3 heteroatoms. The molecule has 1 aliphatic heterocycles. The molecule has 1 heterocycles. The van der Waals surface area contributed by atoms with Gasteiger partial charge in [0.1, 0.15) is 11.4 Å². The van der Waals surface area contributed by atoms with E-state index in [-0.39, 0.29) is 11.6 Å². The number of nitrogens with two attached hydrogens (primary N) is 1. The first kappa shape index (κ1) is 11.5. The molecule has 1 aromatic carbocycles. The summed E-state index contributed by atoms with van der Waals surface area (Å²) in [5, 5.41) is 0. The van der Waals surface area contributed by atoms with Crippen LogP contribution in [0.15, 0.2) is 22.7 Å². The number of halogens is 1. The minimum Gasteiger partial charge on any atom is -0.487 e. The second-order valence-corrected chi connectivity index (χ2v) is 6.37. The third kappa shape index (κ3) is 1.80. The lowest BCUT2D eigenvalue weighted by Crippen LogP contribution is -2.44. The van der Waals surface area contributed by atoms with Crippen LogP contribution in [-0.2, 0) is 0 Å². The van der Waals surface area contributed by atoms with Gasteiger partial charge in [-0.15, -0.1) is 0 Å². The highest BCUT2D eigenvalue weighted by Crippen LogP contribution is 2.49. The van der Waals surface area contributed by atoms with Crippen LogP contribution in [0, 0.1) is 5.92 Å². The van der Waals surface area contributed by atoms with Gasteiger partial charge in [-0.1, -0.05) is 22.9 Å². The largest absolute Gasteiger partial charge is 0.487 e. The van der Waals surface area contributed by atoms with E-state index in [1.54, 1.807) is 0 Å². The summed E-state index contributed by atoms with van der Waals surface area (Å²) >= 11 is 3.49. The fraction of sp³-hybridized carbons (Fsp3) is 0.571. The highest BCUT2D eigenvalue weighted by Gasteiger charge is 2.46. The van der Waals surface area contributed by atoms with Crippen LogP contribution in [-0.4, -0.2) is 5.60 Å². The van der Waals surface area contributed by atoms with Crippen LogP contribution in [0.4, 0.5) is 0 Å². The lowest BCUT2D eigenvalue weighted by Gasteiger charge is -2.41. The fourth-order valence-corrected chi connectivity index (χ4v) is 3.70. The monoisotopic (exact) mass is 295 g/mol. The zero-order valence-corrected chi connectivity index (χ0v) is 11.7. The van der Waals surface area contributed by atoms with Crippen molar-refractivity contribution < 1.29 is 4.74 Å². The predicted molar refractivity (Wildman–Crippen MR) is 72.1 cm³/mol. The van der Waals surface area contributed by atoms with Crippen molar-refractivity contribution in [3.8, 4) is 5.75 Å². The first-order valence-electron chi connectivity index (χ1n) is 6.35. The maximum atomic E-state index is 6.33. The molecule has 2 N–H and O–H groups in total. The molecule has 1 fully saturated rings. The van der Waals surface area contributed by atoms with E-state index in [1.807, 2.05) is 12.1 Å². The van der Waals surface area contributed by atoms with Crippen LogP contribution in [0.3, 0.4) is 0 Å². The molecule has 2 aliphatic rings. The summed E-state index contributed by atoms with van der Waals surface area (Å²) in [6.45, 7) is 2.30. The molecule has 1 saturated carbocycles. The minimum atomic E-state index is 0.000244. The van der Waals surface area contributed by atoms with Crippen LogP contribution >= 0.6 is 15.9 Å². The maximum absolute atomic E-state index is 6.33. The van der Waals surface area contributed by atoms with Crippen molar-refractivity contribution in [2.24, 2.45) is 11.7 Å². The van der Waals surface area contributed by atoms with E-state index < -0.39 is 0 Å². The molecule has 1 aliphatic carbocycles. The fourth-order valence-electron chi connectivity index (χ4n) is 3.32. The van der Waals surface area contributed by atoms with Crippen molar-refractivity contribution in [1.82, 2.24) is 0 Å². The molecule has 2 unspecified atom stereocenters. The smallest absolute Gasteiger partial charge is 0.125 e. The third-order valence-corrected chi connectivity index (χ3v) is 4.88. The van der Waals surface area contributed by atoms with Gasteiger partial charge in [0.05, 0.1) is 0 Å². The molecule has 0 saturated heterocycles. The van der Waals surface area contributed by atoms with Gasteiger partial charge in [-0.2, -0.15) is 0 Å². The lowest BCUT2D eigenvalue weighted by molar-refractivity contribution is 0.00665. The van der Waals surface area contributed by atoms with E-state index in [0.717, 1.165) is 28.6 Å². The summed E-state index contributed by atoms with van der Waals surface area (Å²) in [4.78, 5) is 0. The number of ether oxygens (including phenoxy) is 1. The van der Waals surface area contributed by atoms with Gasteiger partial charge in [0.2, 0.25) is 0 Å². The van der Waals surface area contributed by atoms with Gasteiger partial charge < -0.3 is 10.5 Å². The molecule has 92 valence electrons. The maximum Gasteiger partial charge on any atom is 0.125 e. The Morgan fingerprint density at radius 1 is 1.47 bits per heavy atom. The molecule has 3 atom stereocenters. The number of rotatable bonds is 0. The molecular formula is C14H18BrNO. The van der Waals surface area contributed by atoms with Crippen molar-refractivity contribution in [2.45, 2.75) is 44.2 Å². The van der Waals surface area contributed by atoms with E-state index in [4.69, 9.17) is 10.5 Å². The Hall–Kier alpha value is -0.540. The predicted octanol–water partition coefficient (Wildman–Crippen LogP) is 3.79. The first-order valence-corrected chi connectivity index (χ1v) is 7.14. The molecule has 3 rings (SSSR count). The normalized spacial score (nSPS) is 35.7. The number of benzene rings is 1. The summed E-state index contributed by atoms with van der Waals surface area (Å²) in [6, 6.07) is 6.28. The van der Waals surface area contributed by atoms with Crippen LogP contribution in [0.25, 0.3) is 0 Å². The van der Waals surface area contributed by atoms with Gasteiger partial charge in [0, 0.05) is 22.5 Å². The van der Waals surface area contributed by atoms with Gasteiger partial charge in [-0.25, -0.2) is 0 Å². The van der Waals surface area contributed by atoms with Crippen LogP contribution in [0.2, 0.25) is 0 Å². The number of fused-ring (bicyclic) bond motifs is 1. The summed E-state index contributed by atoms with van der Waals surface area (Å²) in [6.07, 6.45) is 4.63. The minimum absolute atomic E-state index is 0.000244. The van der Waals surface area contributed by atoms with E-state index >= 15 is 0 Å². The number of hydrogen-bond acceptors (Lipinski definition) is 2. The third-order valence-electron chi connectivity index (χ3n) is 4.39. The van der Waals surface area contributed by atoms with Crippen molar-refractivity contribution in [2.75, 3.05) is 0 Å². The van der Waals surface area contributed by atoms with Gasteiger partial charge in [0.15, 0.2) is 0 Å². The second kappa shape index (κ2) is 3.99. The Morgan fingerprint density at radius 2 is 2.29 bits per heavy atom. The lowest BCUT2D eigenvalue weighted by atomic mass is 9.81. The molecule has 1 aromatic rings. The molecule has 17 heavy (non-hydrogen) atoms. The Morgan fingerprint density at radius 3 is 3.00 bits per heavy atom. The van der Waals surface area contributed by atoms with Crippen LogP contribution < -0.4 is 10.5 Å². The molecular weight excluding hydrogens is 278 g/mol. The Bertz CT molecular complexity index is 448. The molecule has 1 spiro atoms. The van der Waals surface area contributed by atoms with Crippen molar-refractivity contribution >= 4 is 15.9 Å². The van der Waals surface area contributed by atoms with E-state index in [9.17, 15) is 0 Å². The summed E-state index contributed by atoms with van der Waals surface area (Å²) in [7, 11) is 0. The number of hydrogen-bond donors (Lipinski definition) is 1. The van der Waals surface area contributed by atoms with Gasteiger partial charge >= 0.3 is 0 Å². The summed E-state index contributed by atoms with van der Waals surface area (Å²) in [5.41, 5.74) is 7.47. The van der Waals surface area contributed by atoms with Crippen LogP contribution in [0.5, 0.6) is 5.75 Å². The molecule has 0 amide bonds. The highest BCUT2D eigenvalue weighted by atomic mass is 79.9. The quantitative estimate of drug-likeness (QED) is 0.790. The average Bonchev–Trinajstić information content (AvgIpc) is 2.62. The van der Waals surface area contributed by atoms with Gasteiger partial charge in [-0.3, -0.25) is 0 Å². The topological polar surface area (TPSA) is 35.2 Å².